The van der Waals surface area contributed by atoms with Gasteiger partial charge in [0.05, 0.1) is 25.3 Å². The highest BCUT2D eigenvalue weighted by Gasteiger charge is 2.31. The molecule has 0 saturated carbocycles. The SMILES string of the molecule is COC(=O)c1sc(N)c(C(=O)OC)c1CSc1cccc(C(F)(F)F)c1. The number of methoxy groups -OCH3 is 2. The van der Waals surface area contributed by atoms with E-state index in [1.165, 1.54) is 26.4 Å². The van der Waals surface area contributed by atoms with Crippen molar-refractivity contribution in [3.63, 3.8) is 0 Å². The lowest BCUT2D eigenvalue weighted by Crippen LogP contribution is -2.08. The molecule has 1 aromatic heterocycles. The minimum atomic E-state index is -4.46. The molecule has 140 valence electrons. The fourth-order valence-electron chi connectivity index (χ4n) is 2.12. The molecule has 2 N–H and O–H groups in total. The second-order valence-corrected chi connectivity index (χ2v) is 7.05. The van der Waals surface area contributed by atoms with Crippen LogP contribution in [0.3, 0.4) is 0 Å². The van der Waals surface area contributed by atoms with Crippen LogP contribution in [0.1, 0.15) is 31.2 Å². The third-order valence-electron chi connectivity index (χ3n) is 3.34. The molecule has 0 amide bonds. The number of carbonyl (C=O) groups excluding carboxylic acids is 2. The minimum absolute atomic E-state index is 0.0253. The molecule has 0 radical (unpaired) electrons. The fraction of sp³-hybridized carbons (Fsp3) is 0.250. The maximum absolute atomic E-state index is 12.8. The van der Waals surface area contributed by atoms with Crippen LogP contribution in [-0.2, 0) is 21.4 Å². The van der Waals surface area contributed by atoms with Crippen molar-refractivity contribution < 1.29 is 32.2 Å². The Morgan fingerprint density at radius 1 is 1.19 bits per heavy atom. The lowest BCUT2D eigenvalue weighted by Gasteiger charge is -2.09. The number of hydrogen-bond acceptors (Lipinski definition) is 7. The van der Waals surface area contributed by atoms with E-state index in [1.54, 1.807) is 0 Å². The van der Waals surface area contributed by atoms with E-state index >= 15 is 0 Å². The van der Waals surface area contributed by atoms with E-state index in [1.807, 2.05) is 0 Å². The quantitative estimate of drug-likeness (QED) is 0.593. The largest absolute Gasteiger partial charge is 0.465 e. The van der Waals surface area contributed by atoms with E-state index in [2.05, 4.69) is 9.47 Å². The van der Waals surface area contributed by atoms with Gasteiger partial charge in [-0.2, -0.15) is 13.2 Å². The van der Waals surface area contributed by atoms with E-state index in [4.69, 9.17) is 5.73 Å². The van der Waals surface area contributed by atoms with Gasteiger partial charge in [-0.1, -0.05) is 6.07 Å². The van der Waals surface area contributed by atoms with E-state index < -0.39 is 23.7 Å². The average Bonchev–Trinajstić information content (AvgIpc) is 2.94. The lowest BCUT2D eigenvalue weighted by atomic mass is 10.1. The van der Waals surface area contributed by atoms with Crippen LogP contribution >= 0.6 is 23.1 Å². The van der Waals surface area contributed by atoms with Crippen LogP contribution in [0.5, 0.6) is 0 Å². The summed E-state index contributed by atoms with van der Waals surface area (Å²) in [7, 11) is 2.35. The van der Waals surface area contributed by atoms with Gasteiger partial charge in [0.15, 0.2) is 0 Å². The highest BCUT2D eigenvalue weighted by molar-refractivity contribution is 7.98. The molecule has 0 aliphatic carbocycles. The highest BCUT2D eigenvalue weighted by atomic mass is 32.2. The predicted molar refractivity (Wildman–Crippen MR) is 92.4 cm³/mol. The number of nitrogens with two attached hydrogens (primary N) is 1. The molecule has 0 aliphatic rings. The summed E-state index contributed by atoms with van der Waals surface area (Å²) in [5, 5.41) is 0.0805. The first-order valence-corrected chi connectivity index (χ1v) is 8.87. The Morgan fingerprint density at radius 2 is 1.85 bits per heavy atom. The summed E-state index contributed by atoms with van der Waals surface area (Å²) in [4.78, 5) is 24.3. The first kappa shape index (κ1) is 20.1. The molecule has 0 saturated heterocycles. The summed E-state index contributed by atoms with van der Waals surface area (Å²) in [5.41, 5.74) is 5.33. The zero-order valence-electron chi connectivity index (χ0n) is 13.7. The topological polar surface area (TPSA) is 78.6 Å². The molecule has 2 rings (SSSR count). The van der Waals surface area contributed by atoms with Gasteiger partial charge in [-0.15, -0.1) is 23.1 Å². The Balaban J connectivity index is 2.37. The van der Waals surface area contributed by atoms with Gasteiger partial charge in [-0.25, -0.2) is 9.59 Å². The van der Waals surface area contributed by atoms with Crippen LogP contribution < -0.4 is 5.73 Å². The molecule has 0 unspecified atom stereocenters. The van der Waals surface area contributed by atoms with Crippen LogP contribution in [0.2, 0.25) is 0 Å². The Kier molecular flexibility index (Phi) is 6.19. The van der Waals surface area contributed by atoms with Gasteiger partial charge in [-0.05, 0) is 18.2 Å². The molecular weight excluding hydrogens is 391 g/mol. The van der Waals surface area contributed by atoms with Crippen molar-refractivity contribution in [1.29, 1.82) is 0 Å². The van der Waals surface area contributed by atoms with E-state index in [-0.39, 0.29) is 26.8 Å². The van der Waals surface area contributed by atoms with Gasteiger partial charge in [0, 0.05) is 16.2 Å². The second-order valence-electron chi connectivity index (χ2n) is 4.95. The summed E-state index contributed by atoms with van der Waals surface area (Å²) in [6.07, 6.45) is -4.46. The number of rotatable bonds is 5. The van der Waals surface area contributed by atoms with Gasteiger partial charge in [0.2, 0.25) is 0 Å². The van der Waals surface area contributed by atoms with Crippen molar-refractivity contribution in [3.8, 4) is 0 Å². The van der Waals surface area contributed by atoms with E-state index in [9.17, 15) is 22.8 Å². The number of thiophene rings is 1. The van der Waals surface area contributed by atoms with Crippen LogP contribution in [0, 0.1) is 0 Å². The van der Waals surface area contributed by atoms with Crippen LogP contribution in [0.25, 0.3) is 0 Å². The molecule has 0 bridgehead atoms. The lowest BCUT2D eigenvalue weighted by molar-refractivity contribution is -0.137. The summed E-state index contributed by atoms with van der Waals surface area (Å²) in [5.74, 6) is -1.37. The van der Waals surface area contributed by atoms with Crippen LogP contribution in [-0.4, -0.2) is 26.2 Å². The van der Waals surface area contributed by atoms with E-state index in [0.717, 1.165) is 35.2 Å². The van der Waals surface area contributed by atoms with Gasteiger partial charge in [0.25, 0.3) is 0 Å². The summed E-state index contributed by atoms with van der Waals surface area (Å²) in [6.45, 7) is 0. The predicted octanol–water partition coefficient (Wildman–Crippen LogP) is 4.21. The molecule has 0 fully saturated rings. The molecule has 1 aromatic carbocycles. The summed E-state index contributed by atoms with van der Waals surface area (Å²) >= 11 is 1.91. The molecule has 0 aliphatic heterocycles. The Hall–Kier alpha value is -2.20. The van der Waals surface area contributed by atoms with Crippen LogP contribution in [0.4, 0.5) is 18.2 Å². The fourth-order valence-corrected chi connectivity index (χ4v) is 4.19. The third-order valence-corrected chi connectivity index (χ3v) is 5.40. The van der Waals surface area contributed by atoms with Crippen molar-refractivity contribution >= 4 is 40.0 Å². The zero-order valence-corrected chi connectivity index (χ0v) is 15.3. The highest BCUT2D eigenvalue weighted by Crippen LogP contribution is 2.38. The molecule has 5 nitrogen and oxygen atoms in total. The normalized spacial score (nSPS) is 11.3. The van der Waals surface area contributed by atoms with Crippen molar-refractivity contribution in [2.45, 2.75) is 16.8 Å². The molecule has 26 heavy (non-hydrogen) atoms. The number of esters is 2. The van der Waals surface area contributed by atoms with Crippen molar-refractivity contribution in [2.24, 2.45) is 0 Å². The number of alkyl halides is 3. The van der Waals surface area contributed by atoms with Crippen molar-refractivity contribution in [3.05, 3.63) is 45.8 Å². The first-order chi connectivity index (χ1) is 12.2. The molecule has 2 aromatic rings. The maximum atomic E-state index is 12.8. The Labute approximate surface area is 155 Å². The molecule has 0 atom stereocenters. The first-order valence-electron chi connectivity index (χ1n) is 7.06. The van der Waals surface area contributed by atoms with E-state index in [0.29, 0.717) is 4.90 Å². The third kappa shape index (κ3) is 4.31. The van der Waals surface area contributed by atoms with Gasteiger partial charge in [-0.3, -0.25) is 0 Å². The number of ether oxygens (including phenoxy) is 2. The number of nitrogen functional groups attached to an aromatic ring is 1. The maximum Gasteiger partial charge on any atom is 0.416 e. The van der Waals surface area contributed by atoms with Crippen LogP contribution in [0.15, 0.2) is 29.2 Å². The Morgan fingerprint density at radius 3 is 2.42 bits per heavy atom. The van der Waals surface area contributed by atoms with Crippen molar-refractivity contribution in [2.75, 3.05) is 20.0 Å². The van der Waals surface area contributed by atoms with Gasteiger partial charge >= 0.3 is 18.1 Å². The number of thioether (sulfide) groups is 1. The van der Waals surface area contributed by atoms with Gasteiger partial charge in [0.1, 0.15) is 9.88 Å². The molecular formula is C16H14F3NO4S2. The molecule has 0 spiro atoms. The summed E-state index contributed by atoms with van der Waals surface area (Å²) in [6, 6.07) is 4.75. The number of carbonyl (C=O) groups is 2. The smallest absolute Gasteiger partial charge is 0.416 e. The number of hydrogen-bond donors (Lipinski definition) is 1. The number of benzene rings is 1. The molecule has 1 heterocycles. The average molecular weight is 405 g/mol. The number of anilines is 1. The van der Waals surface area contributed by atoms with Crippen molar-refractivity contribution in [1.82, 2.24) is 0 Å². The summed E-state index contributed by atoms with van der Waals surface area (Å²) < 4.78 is 47.8. The second kappa shape index (κ2) is 8.00. The standard InChI is InChI=1S/C16H14F3NO4S2/c1-23-14(21)11-10(12(15(22)24-2)26-13(11)20)7-25-9-5-3-4-8(6-9)16(17,18)19/h3-6H,7,20H2,1-2H3. The molecule has 10 heteroatoms. The number of halogens is 3. The van der Waals surface area contributed by atoms with Gasteiger partial charge < -0.3 is 15.2 Å². The minimum Gasteiger partial charge on any atom is -0.465 e. The zero-order chi connectivity index (χ0) is 19.5. The monoisotopic (exact) mass is 405 g/mol. The Bertz CT molecular complexity index is 833.